The summed E-state index contributed by atoms with van der Waals surface area (Å²) in [5.74, 6) is 0.191. The first-order valence-electron chi connectivity index (χ1n) is 8.21. The maximum Gasteiger partial charge on any atom is 0.124 e. The summed E-state index contributed by atoms with van der Waals surface area (Å²) in [6.07, 6.45) is 0. The minimum absolute atomic E-state index is 0.250. The Bertz CT molecular complexity index is 851. The average Bonchev–Trinajstić information content (AvgIpc) is 2.64. The van der Waals surface area contributed by atoms with Crippen molar-refractivity contribution in [3.05, 3.63) is 100 Å². The summed E-state index contributed by atoms with van der Waals surface area (Å²) in [5.41, 5.74) is 2.79. The third-order valence-corrected chi connectivity index (χ3v) is 4.12. The molecule has 0 saturated heterocycles. The van der Waals surface area contributed by atoms with Gasteiger partial charge in [-0.3, -0.25) is 0 Å². The van der Waals surface area contributed by atoms with E-state index >= 15 is 0 Å². The topological polar surface area (TPSA) is 21.3 Å². The molecule has 0 fully saturated rings. The summed E-state index contributed by atoms with van der Waals surface area (Å²) in [4.78, 5) is 0. The average molecular weight is 374 g/mol. The fraction of sp³-hybridized carbons (Fsp3) is 0.143. The molecule has 3 aromatic rings. The number of hydrogen-bond acceptors (Lipinski definition) is 2. The van der Waals surface area contributed by atoms with Crippen LogP contribution in [-0.2, 0) is 19.7 Å². The van der Waals surface area contributed by atoms with E-state index in [-0.39, 0.29) is 11.6 Å². The highest BCUT2D eigenvalue weighted by Crippen LogP contribution is 2.24. The summed E-state index contributed by atoms with van der Waals surface area (Å²) in [6, 6.07) is 18.0. The van der Waals surface area contributed by atoms with Crippen LogP contribution in [0.3, 0.4) is 0 Å². The van der Waals surface area contributed by atoms with Crippen LogP contribution in [0.1, 0.15) is 16.7 Å². The molecule has 3 aromatic carbocycles. The lowest BCUT2D eigenvalue weighted by Gasteiger charge is -2.13. The molecule has 0 aliphatic heterocycles. The lowest BCUT2D eigenvalue weighted by molar-refractivity contribution is 0.302. The Balaban J connectivity index is 1.61. The second kappa shape index (κ2) is 8.79. The molecule has 0 radical (unpaired) electrons. The number of halogens is 3. The SMILES string of the molecule is Fc1ccc(CNCc2cc(Cl)ccc2OCc2ccc(F)cc2)cc1. The zero-order valence-corrected chi connectivity index (χ0v) is 14.8. The van der Waals surface area contributed by atoms with Crippen molar-refractivity contribution in [3.63, 3.8) is 0 Å². The molecule has 2 nitrogen and oxygen atoms in total. The molecule has 1 N–H and O–H groups in total. The van der Waals surface area contributed by atoms with Crippen LogP contribution in [0.2, 0.25) is 5.02 Å². The van der Waals surface area contributed by atoms with Gasteiger partial charge in [-0.2, -0.15) is 0 Å². The highest BCUT2D eigenvalue weighted by atomic mass is 35.5. The molecule has 0 atom stereocenters. The molecule has 26 heavy (non-hydrogen) atoms. The van der Waals surface area contributed by atoms with Crippen LogP contribution in [0.5, 0.6) is 5.75 Å². The number of hydrogen-bond donors (Lipinski definition) is 1. The predicted octanol–water partition coefficient (Wildman–Crippen LogP) is 5.49. The van der Waals surface area contributed by atoms with Gasteiger partial charge in [0.05, 0.1) is 0 Å². The van der Waals surface area contributed by atoms with E-state index < -0.39 is 0 Å². The van der Waals surface area contributed by atoms with Crippen LogP contribution >= 0.6 is 11.6 Å². The lowest BCUT2D eigenvalue weighted by atomic mass is 10.1. The molecule has 0 aliphatic rings. The van der Waals surface area contributed by atoms with Gasteiger partial charge in [0.25, 0.3) is 0 Å². The molecular formula is C21H18ClF2NO. The molecular weight excluding hydrogens is 356 g/mol. The van der Waals surface area contributed by atoms with E-state index in [4.69, 9.17) is 16.3 Å². The Morgan fingerprint density at radius 2 is 1.38 bits per heavy atom. The highest BCUT2D eigenvalue weighted by Gasteiger charge is 2.06. The minimum Gasteiger partial charge on any atom is -0.489 e. The van der Waals surface area contributed by atoms with Crippen LogP contribution in [0, 0.1) is 11.6 Å². The molecule has 0 unspecified atom stereocenters. The predicted molar refractivity (Wildman–Crippen MR) is 99.1 cm³/mol. The third-order valence-electron chi connectivity index (χ3n) is 3.89. The normalized spacial score (nSPS) is 10.7. The zero-order chi connectivity index (χ0) is 18.4. The van der Waals surface area contributed by atoms with Crippen LogP contribution in [0.25, 0.3) is 0 Å². The first-order valence-corrected chi connectivity index (χ1v) is 8.59. The summed E-state index contributed by atoms with van der Waals surface area (Å²) >= 11 is 6.10. The quantitative estimate of drug-likeness (QED) is 0.591. The molecule has 0 aromatic heterocycles. The number of ether oxygens (including phenoxy) is 1. The van der Waals surface area contributed by atoms with Gasteiger partial charge in [-0.1, -0.05) is 35.9 Å². The molecule has 0 aliphatic carbocycles. The van der Waals surface area contributed by atoms with Crippen molar-refractivity contribution < 1.29 is 13.5 Å². The molecule has 0 spiro atoms. The molecule has 0 bridgehead atoms. The first kappa shape index (κ1) is 18.4. The summed E-state index contributed by atoms with van der Waals surface area (Å²) in [5, 5.41) is 3.92. The minimum atomic E-state index is -0.272. The Labute approximate surface area is 156 Å². The number of rotatable bonds is 7. The van der Waals surface area contributed by atoms with Gasteiger partial charge in [0.1, 0.15) is 24.0 Å². The summed E-state index contributed by atoms with van der Waals surface area (Å²) in [6.45, 7) is 1.49. The molecule has 3 rings (SSSR count). The highest BCUT2D eigenvalue weighted by molar-refractivity contribution is 6.30. The van der Waals surface area contributed by atoms with E-state index in [1.807, 2.05) is 12.1 Å². The van der Waals surface area contributed by atoms with E-state index in [9.17, 15) is 8.78 Å². The molecule has 134 valence electrons. The maximum absolute atomic E-state index is 13.0. The van der Waals surface area contributed by atoms with Crippen molar-refractivity contribution in [2.75, 3.05) is 0 Å². The Kier molecular flexibility index (Phi) is 6.21. The monoisotopic (exact) mass is 373 g/mol. The maximum atomic E-state index is 13.0. The standard InChI is InChI=1S/C21H18ClF2NO/c22-18-5-10-21(26-14-16-3-8-20(24)9-4-16)17(11-18)13-25-12-15-1-6-19(23)7-2-15/h1-11,25H,12-14H2. The van der Waals surface area contributed by atoms with Gasteiger partial charge in [-0.15, -0.1) is 0 Å². The van der Waals surface area contributed by atoms with E-state index in [1.165, 1.54) is 24.3 Å². The van der Waals surface area contributed by atoms with Gasteiger partial charge in [0, 0.05) is 23.7 Å². The third kappa shape index (κ3) is 5.28. The van der Waals surface area contributed by atoms with Gasteiger partial charge in [0.15, 0.2) is 0 Å². The van der Waals surface area contributed by atoms with Crippen LogP contribution in [-0.4, -0.2) is 0 Å². The largest absolute Gasteiger partial charge is 0.489 e. The van der Waals surface area contributed by atoms with E-state index in [2.05, 4.69) is 5.32 Å². The Hall–Kier alpha value is -2.43. The lowest BCUT2D eigenvalue weighted by Crippen LogP contribution is -2.13. The van der Waals surface area contributed by atoms with Crippen LogP contribution in [0.4, 0.5) is 8.78 Å². The number of benzene rings is 3. The molecule has 0 saturated carbocycles. The second-order valence-corrected chi connectivity index (χ2v) is 6.33. The van der Waals surface area contributed by atoms with Crippen molar-refractivity contribution in [2.45, 2.75) is 19.7 Å². The van der Waals surface area contributed by atoms with Crippen molar-refractivity contribution in [1.82, 2.24) is 5.32 Å². The van der Waals surface area contributed by atoms with Crippen molar-refractivity contribution in [1.29, 1.82) is 0 Å². The van der Waals surface area contributed by atoms with Gasteiger partial charge in [-0.05, 0) is 53.6 Å². The zero-order valence-electron chi connectivity index (χ0n) is 14.0. The van der Waals surface area contributed by atoms with Crippen LogP contribution in [0.15, 0.2) is 66.7 Å². The van der Waals surface area contributed by atoms with E-state index in [1.54, 1.807) is 30.3 Å². The first-order chi connectivity index (χ1) is 12.6. The van der Waals surface area contributed by atoms with Gasteiger partial charge < -0.3 is 10.1 Å². The molecule has 5 heteroatoms. The molecule has 0 amide bonds. The van der Waals surface area contributed by atoms with Crippen molar-refractivity contribution in [3.8, 4) is 5.75 Å². The smallest absolute Gasteiger partial charge is 0.124 e. The van der Waals surface area contributed by atoms with E-state index in [0.717, 1.165) is 16.7 Å². The van der Waals surface area contributed by atoms with Crippen molar-refractivity contribution >= 4 is 11.6 Å². The van der Waals surface area contributed by atoms with Crippen molar-refractivity contribution in [2.24, 2.45) is 0 Å². The number of nitrogens with one attached hydrogen (secondary N) is 1. The molecule has 0 heterocycles. The summed E-state index contributed by atoms with van der Waals surface area (Å²) in [7, 11) is 0. The second-order valence-electron chi connectivity index (χ2n) is 5.90. The fourth-order valence-electron chi connectivity index (χ4n) is 2.51. The fourth-order valence-corrected chi connectivity index (χ4v) is 2.71. The van der Waals surface area contributed by atoms with Gasteiger partial charge in [0.2, 0.25) is 0 Å². The van der Waals surface area contributed by atoms with Crippen LogP contribution < -0.4 is 10.1 Å². The Morgan fingerprint density at radius 3 is 2.04 bits per heavy atom. The van der Waals surface area contributed by atoms with Gasteiger partial charge >= 0.3 is 0 Å². The Morgan fingerprint density at radius 1 is 0.769 bits per heavy atom. The van der Waals surface area contributed by atoms with E-state index in [0.29, 0.717) is 30.5 Å². The van der Waals surface area contributed by atoms with Gasteiger partial charge in [-0.25, -0.2) is 8.78 Å². The summed E-state index contributed by atoms with van der Waals surface area (Å²) < 4.78 is 31.8.